The number of amides is 1. The summed E-state index contributed by atoms with van der Waals surface area (Å²) in [6.07, 6.45) is 3.38. The highest BCUT2D eigenvalue weighted by Gasteiger charge is 2.22. The third-order valence-corrected chi connectivity index (χ3v) is 5.52. The van der Waals surface area contributed by atoms with E-state index < -0.39 is 5.25 Å². The Morgan fingerprint density at radius 2 is 2.13 bits per heavy atom. The molecule has 1 atom stereocenters. The number of allylic oxidation sites excluding steroid dienone is 1. The van der Waals surface area contributed by atoms with E-state index in [4.69, 9.17) is 13.9 Å². The maximum atomic E-state index is 12.8. The lowest BCUT2D eigenvalue weighted by Gasteiger charge is -2.15. The summed E-state index contributed by atoms with van der Waals surface area (Å²) in [5.41, 5.74) is 1.39. The van der Waals surface area contributed by atoms with Gasteiger partial charge < -0.3 is 19.2 Å². The second kappa shape index (κ2) is 9.53. The smallest absolute Gasteiger partial charge is 0.237 e. The van der Waals surface area contributed by atoms with Crippen molar-refractivity contribution in [3.05, 3.63) is 48.9 Å². The number of ether oxygens (including phenoxy) is 2. The van der Waals surface area contributed by atoms with E-state index >= 15 is 0 Å². The van der Waals surface area contributed by atoms with Gasteiger partial charge in [-0.05, 0) is 32.0 Å². The first kappa shape index (κ1) is 21.5. The van der Waals surface area contributed by atoms with Gasteiger partial charge in [-0.15, -0.1) is 16.8 Å². The number of carbonyl (C=O) groups is 1. The number of anilines is 1. The SMILES string of the molecule is C=CCn1c(SC(C)C(=O)Nc2cc(OC)ccc2OC)nnc1-c1ccoc1C. The van der Waals surface area contributed by atoms with E-state index in [0.717, 1.165) is 11.3 Å². The Bertz CT molecular complexity index is 1040. The molecule has 3 rings (SSSR count). The fourth-order valence-electron chi connectivity index (χ4n) is 2.84. The number of hydrogen-bond acceptors (Lipinski definition) is 7. The summed E-state index contributed by atoms with van der Waals surface area (Å²) >= 11 is 1.31. The highest BCUT2D eigenvalue weighted by molar-refractivity contribution is 8.00. The lowest BCUT2D eigenvalue weighted by atomic mass is 10.2. The number of benzene rings is 1. The zero-order chi connectivity index (χ0) is 21.7. The van der Waals surface area contributed by atoms with E-state index in [1.54, 1.807) is 44.8 Å². The van der Waals surface area contributed by atoms with Gasteiger partial charge in [0, 0.05) is 12.6 Å². The van der Waals surface area contributed by atoms with Crippen molar-refractivity contribution in [2.24, 2.45) is 0 Å². The molecule has 1 unspecified atom stereocenters. The predicted molar refractivity (Wildman–Crippen MR) is 116 cm³/mol. The molecule has 0 spiro atoms. The van der Waals surface area contributed by atoms with Gasteiger partial charge in [0.25, 0.3) is 0 Å². The van der Waals surface area contributed by atoms with Crippen LogP contribution in [0.3, 0.4) is 0 Å². The van der Waals surface area contributed by atoms with E-state index in [9.17, 15) is 4.79 Å². The Balaban J connectivity index is 1.80. The van der Waals surface area contributed by atoms with E-state index in [2.05, 4.69) is 22.1 Å². The Morgan fingerprint density at radius 1 is 1.33 bits per heavy atom. The zero-order valence-corrected chi connectivity index (χ0v) is 18.2. The van der Waals surface area contributed by atoms with Crippen molar-refractivity contribution in [1.82, 2.24) is 14.8 Å². The van der Waals surface area contributed by atoms with Crippen molar-refractivity contribution in [3.63, 3.8) is 0 Å². The van der Waals surface area contributed by atoms with Crippen LogP contribution in [0.15, 0.2) is 52.8 Å². The predicted octanol–water partition coefficient (Wildman–Crippen LogP) is 4.17. The summed E-state index contributed by atoms with van der Waals surface area (Å²) in [4.78, 5) is 12.8. The van der Waals surface area contributed by atoms with Gasteiger partial charge in [0.05, 0.1) is 37.0 Å². The molecule has 8 nitrogen and oxygen atoms in total. The van der Waals surface area contributed by atoms with E-state index in [1.165, 1.54) is 11.8 Å². The van der Waals surface area contributed by atoms with Gasteiger partial charge in [0.2, 0.25) is 5.91 Å². The largest absolute Gasteiger partial charge is 0.497 e. The van der Waals surface area contributed by atoms with Crippen molar-refractivity contribution >= 4 is 23.4 Å². The number of rotatable bonds is 9. The van der Waals surface area contributed by atoms with Crippen LogP contribution in [-0.2, 0) is 11.3 Å². The maximum Gasteiger partial charge on any atom is 0.237 e. The average Bonchev–Trinajstić information content (AvgIpc) is 3.34. The number of hydrogen-bond donors (Lipinski definition) is 1. The van der Waals surface area contributed by atoms with Crippen molar-refractivity contribution in [2.45, 2.75) is 30.8 Å². The van der Waals surface area contributed by atoms with Crippen LogP contribution in [0.25, 0.3) is 11.4 Å². The monoisotopic (exact) mass is 428 g/mol. The minimum Gasteiger partial charge on any atom is -0.497 e. The standard InChI is InChI=1S/C21H24N4O4S/c1-6-10-25-19(16-9-11-29-13(16)2)23-24-21(25)30-14(3)20(26)22-17-12-15(27-4)7-8-18(17)28-5/h6-9,11-12,14H,1,10H2,2-5H3,(H,22,26). The molecule has 2 heterocycles. The summed E-state index contributed by atoms with van der Waals surface area (Å²) in [6, 6.07) is 7.07. The highest BCUT2D eigenvalue weighted by Crippen LogP contribution is 2.32. The Morgan fingerprint density at radius 3 is 2.77 bits per heavy atom. The normalized spacial score (nSPS) is 11.7. The molecule has 0 saturated carbocycles. The van der Waals surface area contributed by atoms with Crippen molar-refractivity contribution in [2.75, 3.05) is 19.5 Å². The molecule has 30 heavy (non-hydrogen) atoms. The first-order chi connectivity index (χ1) is 14.5. The molecule has 1 aromatic carbocycles. The van der Waals surface area contributed by atoms with Crippen LogP contribution >= 0.6 is 11.8 Å². The molecule has 2 aromatic heterocycles. The van der Waals surface area contributed by atoms with E-state index in [-0.39, 0.29) is 5.91 Å². The summed E-state index contributed by atoms with van der Waals surface area (Å²) in [5.74, 6) is 2.40. The minimum absolute atomic E-state index is 0.194. The molecular weight excluding hydrogens is 404 g/mol. The zero-order valence-electron chi connectivity index (χ0n) is 17.3. The van der Waals surface area contributed by atoms with E-state index in [0.29, 0.717) is 34.7 Å². The van der Waals surface area contributed by atoms with Gasteiger partial charge in [-0.2, -0.15) is 0 Å². The number of furan rings is 1. The van der Waals surface area contributed by atoms with Crippen LogP contribution in [0.4, 0.5) is 5.69 Å². The number of methoxy groups -OCH3 is 2. The molecule has 1 amide bonds. The molecule has 0 aliphatic heterocycles. The second-order valence-electron chi connectivity index (χ2n) is 6.41. The maximum absolute atomic E-state index is 12.8. The van der Waals surface area contributed by atoms with Crippen molar-refractivity contribution in [3.8, 4) is 22.9 Å². The molecule has 1 N–H and O–H groups in total. The Hall–Kier alpha value is -3.20. The topological polar surface area (TPSA) is 91.4 Å². The highest BCUT2D eigenvalue weighted by atomic mass is 32.2. The molecule has 158 valence electrons. The second-order valence-corrected chi connectivity index (χ2v) is 7.72. The number of aryl methyl sites for hydroxylation is 1. The summed E-state index contributed by atoms with van der Waals surface area (Å²) in [5, 5.41) is 11.7. The number of thioether (sulfide) groups is 1. The van der Waals surface area contributed by atoms with Gasteiger partial charge in [-0.25, -0.2) is 0 Å². The Kier molecular flexibility index (Phi) is 6.83. The van der Waals surface area contributed by atoms with Crippen LogP contribution in [0.1, 0.15) is 12.7 Å². The molecule has 0 fully saturated rings. The number of aromatic nitrogens is 3. The van der Waals surface area contributed by atoms with Crippen LogP contribution < -0.4 is 14.8 Å². The number of nitrogens with one attached hydrogen (secondary N) is 1. The fraction of sp³-hybridized carbons (Fsp3) is 0.286. The lowest BCUT2D eigenvalue weighted by molar-refractivity contribution is -0.115. The summed E-state index contributed by atoms with van der Waals surface area (Å²) in [6.45, 7) is 8.00. The molecule has 0 aliphatic rings. The van der Waals surface area contributed by atoms with Gasteiger partial charge in [-0.3, -0.25) is 9.36 Å². The average molecular weight is 429 g/mol. The van der Waals surface area contributed by atoms with Gasteiger partial charge >= 0.3 is 0 Å². The van der Waals surface area contributed by atoms with Gasteiger partial charge in [0.1, 0.15) is 17.3 Å². The number of carbonyl (C=O) groups excluding carboxylic acids is 1. The van der Waals surface area contributed by atoms with Crippen LogP contribution in [0, 0.1) is 6.92 Å². The molecular formula is C21H24N4O4S. The van der Waals surface area contributed by atoms with Gasteiger partial charge in [-0.1, -0.05) is 17.8 Å². The fourth-order valence-corrected chi connectivity index (χ4v) is 3.70. The molecule has 3 aromatic rings. The molecule has 9 heteroatoms. The third kappa shape index (κ3) is 4.51. The van der Waals surface area contributed by atoms with Crippen molar-refractivity contribution < 1.29 is 18.7 Å². The molecule has 0 bridgehead atoms. The Labute approximate surface area is 179 Å². The molecule has 0 aliphatic carbocycles. The summed E-state index contributed by atoms with van der Waals surface area (Å²) in [7, 11) is 3.12. The van der Waals surface area contributed by atoms with E-state index in [1.807, 2.05) is 24.5 Å². The summed E-state index contributed by atoms with van der Waals surface area (Å²) < 4.78 is 17.9. The lowest BCUT2D eigenvalue weighted by Crippen LogP contribution is -2.23. The minimum atomic E-state index is -0.438. The first-order valence-electron chi connectivity index (χ1n) is 9.26. The van der Waals surface area contributed by atoms with Crippen LogP contribution in [0.2, 0.25) is 0 Å². The van der Waals surface area contributed by atoms with Crippen LogP contribution in [-0.4, -0.2) is 40.1 Å². The quantitative estimate of drug-likeness (QED) is 0.404. The van der Waals surface area contributed by atoms with Crippen LogP contribution in [0.5, 0.6) is 11.5 Å². The molecule has 0 radical (unpaired) electrons. The van der Waals surface area contributed by atoms with Crippen molar-refractivity contribution in [1.29, 1.82) is 0 Å². The van der Waals surface area contributed by atoms with Gasteiger partial charge in [0.15, 0.2) is 11.0 Å². The molecule has 0 saturated heterocycles. The first-order valence-corrected chi connectivity index (χ1v) is 10.1. The number of nitrogens with zero attached hydrogens (tertiary/aromatic N) is 3. The third-order valence-electron chi connectivity index (χ3n) is 4.44.